The number of carbonyl (C=O) groups excluding carboxylic acids is 1. The fourth-order valence-corrected chi connectivity index (χ4v) is 2.55. The van der Waals surface area contributed by atoms with Gasteiger partial charge in [-0.05, 0) is 60.1 Å². The van der Waals surface area contributed by atoms with Crippen LogP contribution in [0.25, 0.3) is 0 Å². The Hall–Kier alpha value is -2.29. The second-order valence-corrected chi connectivity index (χ2v) is 6.44. The lowest BCUT2D eigenvalue weighted by atomic mass is 9.98. The van der Waals surface area contributed by atoms with Crippen molar-refractivity contribution in [3.05, 3.63) is 59.7 Å². The Morgan fingerprint density at radius 2 is 1.08 bits per heavy atom. The number of benzene rings is 2. The molecular formula is C21H28N2O. The number of amides is 2. The van der Waals surface area contributed by atoms with E-state index < -0.39 is 0 Å². The molecule has 0 aromatic heterocycles. The van der Waals surface area contributed by atoms with Gasteiger partial charge in [-0.3, -0.25) is 0 Å². The second kappa shape index (κ2) is 8.53. The highest BCUT2D eigenvalue weighted by atomic mass is 16.2. The van der Waals surface area contributed by atoms with Crippen molar-refractivity contribution in [2.24, 2.45) is 0 Å². The molecule has 0 fully saturated rings. The summed E-state index contributed by atoms with van der Waals surface area (Å²) in [6.45, 7) is 8.77. The first-order chi connectivity index (χ1) is 11.5. The molecule has 0 radical (unpaired) electrons. The number of carbonyl (C=O) groups is 1. The van der Waals surface area contributed by atoms with Crippen molar-refractivity contribution in [3.63, 3.8) is 0 Å². The van der Waals surface area contributed by atoms with E-state index in [9.17, 15) is 4.79 Å². The normalized spacial score (nSPS) is 13.2. The molecule has 2 rings (SSSR count). The molecule has 0 spiro atoms. The lowest BCUT2D eigenvalue weighted by Gasteiger charge is -2.12. The summed E-state index contributed by atoms with van der Waals surface area (Å²) in [5.41, 5.74) is 4.19. The molecule has 24 heavy (non-hydrogen) atoms. The number of hydrogen-bond donors (Lipinski definition) is 2. The van der Waals surface area contributed by atoms with Gasteiger partial charge in [0.25, 0.3) is 0 Å². The first-order valence-electron chi connectivity index (χ1n) is 8.81. The molecule has 3 heteroatoms. The Morgan fingerprint density at radius 3 is 1.38 bits per heavy atom. The molecule has 128 valence electrons. The van der Waals surface area contributed by atoms with Crippen molar-refractivity contribution in [1.82, 2.24) is 0 Å². The van der Waals surface area contributed by atoms with E-state index in [2.05, 4.69) is 62.6 Å². The Kier molecular flexibility index (Phi) is 6.42. The topological polar surface area (TPSA) is 41.1 Å². The van der Waals surface area contributed by atoms with Gasteiger partial charge >= 0.3 is 6.03 Å². The van der Waals surface area contributed by atoms with E-state index in [0.29, 0.717) is 11.8 Å². The van der Waals surface area contributed by atoms with Gasteiger partial charge in [-0.15, -0.1) is 0 Å². The van der Waals surface area contributed by atoms with E-state index in [-0.39, 0.29) is 6.03 Å². The van der Waals surface area contributed by atoms with E-state index in [4.69, 9.17) is 0 Å². The summed E-state index contributed by atoms with van der Waals surface area (Å²) >= 11 is 0. The van der Waals surface area contributed by atoms with Crippen LogP contribution < -0.4 is 10.6 Å². The Balaban J connectivity index is 1.93. The van der Waals surface area contributed by atoms with Crippen molar-refractivity contribution in [2.45, 2.75) is 52.4 Å². The maximum Gasteiger partial charge on any atom is 0.323 e. The third-order valence-electron chi connectivity index (χ3n) is 4.70. The van der Waals surface area contributed by atoms with Crippen LogP contribution in [0.5, 0.6) is 0 Å². The van der Waals surface area contributed by atoms with Gasteiger partial charge in [0.15, 0.2) is 0 Å². The van der Waals surface area contributed by atoms with E-state index in [1.54, 1.807) is 0 Å². The van der Waals surface area contributed by atoms with E-state index in [1.807, 2.05) is 24.3 Å². The first-order valence-corrected chi connectivity index (χ1v) is 8.81. The Labute approximate surface area is 145 Å². The number of rotatable bonds is 6. The van der Waals surface area contributed by atoms with Crippen molar-refractivity contribution in [2.75, 3.05) is 10.6 Å². The van der Waals surface area contributed by atoms with Crippen molar-refractivity contribution in [3.8, 4) is 0 Å². The van der Waals surface area contributed by atoms with Crippen LogP contribution >= 0.6 is 0 Å². The van der Waals surface area contributed by atoms with Crippen LogP contribution in [0.15, 0.2) is 48.5 Å². The van der Waals surface area contributed by atoms with Gasteiger partial charge in [0.1, 0.15) is 0 Å². The largest absolute Gasteiger partial charge is 0.323 e. The maximum absolute atomic E-state index is 12.1. The highest BCUT2D eigenvalue weighted by Gasteiger charge is 2.06. The zero-order valence-corrected chi connectivity index (χ0v) is 15.1. The smallest absolute Gasteiger partial charge is 0.308 e. The van der Waals surface area contributed by atoms with Crippen LogP contribution in [0, 0.1) is 0 Å². The third kappa shape index (κ3) is 4.85. The average molecular weight is 324 g/mol. The third-order valence-corrected chi connectivity index (χ3v) is 4.70. The molecule has 3 nitrogen and oxygen atoms in total. The number of urea groups is 1. The Morgan fingerprint density at radius 1 is 0.750 bits per heavy atom. The van der Waals surface area contributed by atoms with Crippen LogP contribution in [-0.4, -0.2) is 6.03 Å². The van der Waals surface area contributed by atoms with Crippen LogP contribution in [0.3, 0.4) is 0 Å². The molecule has 2 atom stereocenters. The molecule has 2 aromatic carbocycles. The second-order valence-electron chi connectivity index (χ2n) is 6.44. The van der Waals surface area contributed by atoms with Gasteiger partial charge in [-0.1, -0.05) is 52.0 Å². The van der Waals surface area contributed by atoms with Gasteiger partial charge in [0.2, 0.25) is 0 Å². The minimum absolute atomic E-state index is 0.220. The molecule has 0 heterocycles. The number of nitrogens with one attached hydrogen (secondary N) is 2. The van der Waals surface area contributed by atoms with Crippen molar-refractivity contribution in [1.29, 1.82) is 0 Å². The zero-order valence-electron chi connectivity index (χ0n) is 15.1. The SMILES string of the molecule is CCC(C)c1ccc(NC(=O)Nc2ccc(C(C)CC)cc2)cc1. The summed E-state index contributed by atoms with van der Waals surface area (Å²) in [4.78, 5) is 12.1. The molecule has 2 amide bonds. The number of anilines is 2. The minimum Gasteiger partial charge on any atom is -0.308 e. The van der Waals surface area contributed by atoms with Gasteiger partial charge in [0, 0.05) is 11.4 Å². The zero-order chi connectivity index (χ0) is 17.5. The molecule has 0 aliphatic carbocycles. The molecule has 0 bridgehead atoms. The van der Waals surface area contributed by atoms with E-state index >= 15 is 0 Å². The highest BCUT2D eigenvalue weighted by Crippen LogP contribution is 2.22. The summed E-state index contributed by atoms with van der Waals surface area (Å²) in [5.74, 6) is 1.08. The monoisotopic (exact) mass is 324 g/mol. The summed E-state index contributed by atoms with van der Waals surface area (Å²) in [6.07, 6.45) is 2.22. The van der Waals surface area contributed by atoms with Crippen LogP contribution in [0.1, 0.15) is 63.5 Å². The van der Waals surface area contributed by atoms with Gasteiger partial charge in [-0.25, -0.2) is 4.79 Å². The molecule has 2 aromatic rings. The average Bonchev–Trinajstić information content (AvgIpc) is 2.61. The standard InChI is InChI=1S/C21H28N2O/c1-5-15(3)17-7-11-19(12-8-17)22-21(24)23-20-13-9-18(10-14-20)16(4)6-2/h7-16H,5-6H2,1-4H3,(H2,22,23,24). The molecular weight excluding hydrogens is 296 g/mol. The van der Waals surface area contributed by atoms with E-state index in [0.717, 1.165) is 24.2 Å². The summed E-state index contributed by atoms with van der Waals surface area (Å²) in [7, 11) is 0. The lowest BCUT2D eigenvalue weighted by molar-refractivity contribution is 0.262. The molecule has 2 unspecified atom stereocenters. The summed E-state index contributed by atoms with van der Waals surface area (Å²) in [6, 6.07) is 15.9. The van der Waals surface area contributed by atoms with E-state index in [1.165, 1.54) is 11.1 Å². The van der Waals surface area contributed by atoms with Crippen LogP contribution in [-0.2, 0) is 0 Å². The number of hydrogen-bond acceptors (Lipinski definition) is 1. The quantitative estimate of drug-likeness (QED) is 0.638. The first kappa shape index (κ1) is 18.1. The predicted molar refractivity (Wildman–Crippen MR) is 103 cm³/mol. The van der Waals surface area contributed by atoms with Gasteiger partial charge in [-0.2, -0.15) is 0 Å². The van der Waals surface area contributed by atoms with Crippen molar-refractivity contribution < 1.29 is 4.79 Å². The molecule has 0 aliphatic rings. The van der Waals surface area contributed by atoms with Crippen LogP contribution in [0.2, 0.25) is 0 Å². The highest BCUT2D eigenvalue weighted by molar-refractivity contribution is 5.99. The predicted octanol–water partition coefficient (Wildman–Crippen LogP) is 6.36. The van der Waals surface area contributed by atoms with Crippen LogP contribution in [0.4, 0.5) is 16.2 Å². The fourth-order valence-electron chi connectivity index (χ4n) is 2.55. The fraction of sp³-hybridized carbons (Fsp3) is 0.381. The van der Waals surface area contributed by atoms with Crippen molar-refractivity contribution >= 4 is 17.4 Å². The molecule has 0 aliphatic heterocycles. The molecule has 2 N–H and O–H groups in total. The Bertz CT molecular complexity index is 589. The summed E-state index contributed by atoms with van der Waals surface area (Å²) < 4.78 is 0. The summed E-state index contributed by atoms with van der Waals surface area (Å²) in [5, 5.41) is 5.75. The van der Waals surface area contributed by atoms with Gasteiger partial charge < -0.3 is 10.6 Å². The van der Waals surface area contributed by atoms with Gasteiger partial charge in [0.05, 0.1) is 0 Å². The molecule has 0 saturated heterocycles. The minimum atomic E-state index is -0.220. The lowest BCUT2D eigenvalue weighted by Crippen LogP contribution is -2.19. The molecule has 0 saturated carbocycles. The maximum atomic E-state index is 12.1.